The molecule has 8 heteroatoms. The van der Waals surface area contributed by atoms with Gasteiger partial charge in [0.2, 0.25) is 0 Å². The van der Waals surface area contributed by atoms with Gasteiger partial charge in [0.25, 0.3) is 5.91 Å². The zero-order valence-electron chi connectivity index (χ0n) is 15.5. The number of hydrogen-bond donors (Lipinski definition) is 2. The molecule has 3 aromatic rings. The first-order valence-electron chi connectivity index (χ1n) is 8.78. The van der Waals surface area contributed by atoms with Gasteiger partial charge in [-0.15, -0.1) is 10.2 Å². The fourth-order valence-corrected chi connectivity index (χ4v) is 2.43. The van der Waals surface area contributed by atoms with Gasteiger partial charge in [-0.1, -0.05) is 6.07 Å². The second kappa shape index (κ2) is 9.10. The average molecular weight is 387 g/mol. The van der Waals surface area contributed by atoms with Gasteiger partial charge < -0.3 is 15.4 Å². The van der Waals surface area contributed by atoms with Crippen molar-refractivity contribution in [1.82, 2.24) is 10.2 Å². The summed E-state index contributed by atoms with van der Waals surface area (Å²) < 4.78 is 4.92. The van der Waals surface area contributed by atoms with E-state index in [4.69, 9.17) is 10.00 Å². The summed E-state index contributed by atoms with van der Waals surface area (Å²) in [4.78, 5) is 24.0. The maximum Gasteiger partial charge on any atom is 0.338 e. The third kappa shape index (κ3) is 5.14. The molecule has 2 N–H and O–H groups in total. The number of carbonyl (C=O) groups excluding carboxylic acids is 2. The lowest BCUT2D eigenvalue weighted by molar-refractivity contribution is 0.0526. The molecule has 0 saturated heterocycles. The van der Waals surface area contributed by atoms with Crippen molar-refractivity contribution in [2.45, 2.75) is 6.92 Å². The Morgan fingerprint density at radius 3 is 2.48 bits per heavy atom. The normalized spacial score (nSPS) is 9.93. The van der Waals surface area contributed by atoms with Gasteiger partial charge >= 0.3 is 5.97 Å². The minimum Gasteiger partial charge on any atom is -0.462 e. The summed E-state index contributed by atoms with van der Waals surface area (Å²) in [7, 11) is 0. The van der Waals surface area contributed by atoms with E-state index in [-0.39, 0.29) is 5.69 Å². The summed E-state index contributed by atoms with van der Waals surface area (Å²) in [6, 6.07) is 18.5. The Kier molecular flexibility index (Phi) is 6.12. The van der Waals surface area contributed by atoms with E-state index in [2.05, 4.69) is 26.9 Å². The summed E-state index contributed by atoms with van der Waals surface area (Å²) in [5.41, 5.74) is 2.27. The molecule has 0 bridgehead atoms. The Bertz CT molecular complexity index is 1060. The van der Waals surface area contributed by atoms with Gasteiger partial charge in [0.05, 0.1) is 23.8 Å². The van der Waals surface area contributed by atoms with Crippen molar-refractivity contribution < 1.29 is 14.3 Å². The molecule has 1 aromatic heterocycles. The van der Waals surface area contributed by atoms with Gasteiger partial charge in [-0.25, -0.2) is 4.79 Å². The van der Waals surface area contributed by atoms with Gasteiger partial charge in [-0.3, -0.25) is 4.79 Å². The lowest BCUT2D eigenvalue weighted by Crippen LogP contribution is -2.14. The van der Waals surface area contributed by atoms with Gasteiger partial charge in [-0.05, 0) is 61.5 Å². The van der Waals surface area contributed by atoms with Crippen molar-refractivity contribution in [2.24, 2.45) is 0 Å². The predicted molar refractivity (Wildman–Crippen MR) is 107 cm³/mol. The highest BCUT2D eigenvalue weighted by molar-refractivity contribution is 6.03. The van der Waals surface area contributed by atoms with Crippen LogP contribution < -0.4 is 10.6 Å². The quantitative estimate of drug-likeness (QED) is 0.621. The van der Waals surface area contributed by atoms with Crippen molar-refractivity contribution in [3.05, 3.63) is 77.5 Å². The number of nitrogens with zero attached hydrogens (tertiary/aromatic N) is 3. The van der Waals surface area contributed by atoms with Crippen molar-refractivity contribution in [1.29, 1.82) is 5.26 Å². The Labute approximate surface area is 167 Å². The Morgan fingerprint density at radius 2 is 1.83 bits per heavy atom. The van der Waals surface area contributed by atoms with Crippen molar-refractivity contribution in [3.8, 4) is 6.07 Å². The van der Waals surface area contributed by atoms with Crippen LogP contribution in [0, 0.1) is 11.3 Å². The van der Waals surface area contributed by atoms with Crippen LogP contribution in [0.4, 0.5) is 17.2 Å². The first kappa shape index (κ1) is 19.5. The fraction of sp³-hybridized carbons (Fsp3) is 0.0952. The van der Waals surface area contributed by atoms with Crippen molar-refractivity contribution in [3.63, 3.8) is 0 Å². The number of nitriles is 1. The molecule has 0 unspecified atom stereocenters. The molecule has 0 spiro atoms. The average Bonchev–Trinajstić information content (AvgIpc) is 2.75. The van der Waals surface area contributed by atoms with Crippen LogP contribution in [0.1, 0.15) is 33.3 Å². The van der Waals surface area contributed by atoms with Crippen LogP contribution in [0.25, 0.3) is 0 Å². The number of rotatable bonds is 6. The Hall–Kier alpha value is -4.25. The van der Waals surface area contributed by atoms with E-state index in [9.17, 15) is 9.59 Å². The van der Waals surface area contributed by atoms with Crippen molar-refractivity contribution in [2.75, 3.05) is 17.2 Å². The molecule has 0 fully saturated rings. The number of hydrogen-bond acceptors (Lipinski definition) is 7. The number of aromatic nitrogens is 2. The molecule has 144 valence electrons. The minimum atomic E-state index is -0.431. The van der Waals surface area contributed by atoms with Crippen LogP contribution in [0.3, 0.4) is 0 Å². The molecule has 0 radical (unpaired) electrons. The highest BCUT2D eigenvalue weighted by atomic mass is 16.5. The summed E-state index contributed by atoms with van der Waals surface area (Å²) in [6.45, 7) is 2.03. The standard InChI is InChI=1S/C21H17N5O3/c1-2-29-21(28)15-6-8-16(9-7-15)24-20(27)18-10-11-19(26-25-18)23-17-5-3-4-14(12-17)13-22/h3-12H,2H2,1H3,(H,23,26)(H,24,27). The summed E-state index contributed by atoms with van der Waals surface area (Å²) in [5.74, 6) is -0.408. The SMILES string of the molecule is CCOC(=O)c1ccc(NC(=O)c2ccc(Nc3cccc(C#N)c3)nn2)cc1. The summed E-state index contributed by atoms with van der Waals surface area (Å²) >= 11 is 0. The topological polar surface area (TPSA) is 117 Å². The number of amides is 1. The predicted octanol–water partition coefficient (Wildman–Crippen LogP) is 3.52. The highest BCUT2D eigenvalue weighted by Crippen LogP contribution is 2.16. The number of benzene rings is 2. The smallest absolute Gasteiger partial charge is 0.338 e. The maximum atomic E-state index is 12.3. The molecule has 0 aliphatic rings. The van der Waals surface area contributed by atoms with E-state index in [0.29, 0.717) is 34.9 Å². The van der Waals surface area contributed by atoms with Gasteiger partial charge in [0.1, 0.15) is 0 Å². The number of carbonyl (C=O) groups is 2. The number of esters is 1. The van der Waals surface area contributed by atoms with Crippen LogP contribution in [-0.2, 0) is 4.74 Å². The Morgan fingerprint density at radius 1 is 1.03 bits per heavy atom. The van der Waals surface area contributed by atoms with Crippen molar-refractivity contribution >= 4 is 29.1 Å². The van der Waals surface area contributed by atoms with E-state index in [1.807, 2.05) is 0 Å². The number of anilines is 3. The van der Waals surface area contributed by atoms with Gasteiger partial charge in [0, 0.05) is 11.4 Å². The van der Waals surface area contributed by atoms with Crippen LogP contribution >= 0.6 is 0 Å². The second-order valence-electron chi connectivity index (χ2n) is 5.87. The number of nitrogens with one attached hydrogen (secondary N) is 2. The molecular weight excluding hydrogens is 370 g/mol. The van der Waals surface area contributed by atoms with Crippen LogP contribution in [0.2, 0.25) is 0 Å². The zero-order chi connectivity index (χ0) is 20.6. The molecule has 1 heterocycles. The van der Waals surface area contributed by atoms with E-state index < -0.39 is 11.9 Å². The van der Waals surface area contributed by atoms with Crippen LogP contribution in [0.15, 0.2) is 60.7 Å². The number of ether oxygens (including phenoxy) is 1. The third-order valence-corrected chi connectivity index (χ3v) is 3.82. The molecular formula is C21H17N5O3. The molecule has 0 aliphatic heterocycles. The van der Waals surface area contributed by atoms with Gasteiger partial charge in [0.15, 0.2) is 11.5 Å². The first-order valence-corrected chi connectivity index (χ1v) is 8.78. The van der Waals surface area contributed by atoms with E-state index in [0.717, 1.165) is 0 Å². The van der Waals surface area contributed by atoms with E-state index >= 15 is 0 Å². The fourth-order valence-electron chi connectivity index (χ4n) is 2.43. The molecule has 0 atom stereocenters. The van der Waals surface area contributed by atoms with Crippen LogP contribution in [-0.4, -0.2) is 28.7 Å². The molecule has 1 amide bonds. The minimum absolute atomic E-state index is 0.135. The largest absolute Gasteiger partial charge is 0.462 e. The second-order valence-corrected chi connectivity index (χ2v) is 5.87. The zero-order valence-corrected chi connectivity index (χ0v) is 15.5. The Balaban J connectivity index is 1.63. The molecule has 3 rings (SSSR count). The van der Waals surface area contributed by atoms with Gasteiger partial charge in [-0.2, -0.15) is 5.26 Å². The third-order valence-electron chi connectivity index (χ3n) is 3.82. The lowest BCUT2D eigenvalue weighted by Gasteiger charge is -2.07. The monoisotopic (exact) mass is 387 g/mol. The molecule has 2 aromatic carbocycles. The molecule has 8 nitrogen and oxygen atoms in total. The molecule has 29 heavy (non-hydrogen) atoms. The highest BCUT2D eigenvalue weighted by Gasteiger charge is 2.10. The molecule has 0 aliphatic carbocycles. The summed E-state index contributed by atoms with van der Waals surface area (Å²) in [5, 5.41) is 22.6. The van der Waals surface area contributed by atoms with Crippen LogP contribution in [0.5, 0.6) is 0 Å². The lowest BCUT2D eigenvalue weighted by atomic mass is 10.2. The molecule has 0 saturated carbocycles. The first-order chi connectivity index (χ1) is 14.1. The summed E-state index contributed by atoms with van der Waals surface area (Å²) in [6.07, 6.45) is 0. The van der Waals surface area contributed by atoms with E-state index in [1.165, 1.54) is 6.07 Å². The maximum absolute atomic E-state index is 12.3. The van der Waals surface area contributed by atoms with E-state index in [1.54, 1.807) is 61.5 Å².